The summed E-state index contributed by atoms with van der Waals surface area (Å²) < 4.78 is 11.6. The number of halogens is 2. The van der Waals surface area contributed by atoms with Crippen LogP contribution in [-0.4, -0.2) is 17.3 Å². The second kappa shape index (κ2) is 8.31. The van der Waals surface area contributed by atoms with Gasteiger partial charge in [0.05, 0.1) is 17.0 Å². The van der Waals surface area contributed by atoms with Crippen LogP contribution in [0.5, 0.6) is 11.5 Å². The zero-order valence-corrected chi connectivity index (χ0v) is 16.7. The van der Waals surface area contributed by atoms with Gasteiger partial charge in [0, 0.05) is 10.6 Å². The standard InChI is InChI=1S/C18H13Cl2NO3S2/c1-23-14-7-10(8-15-17(22)21-18(25)26-15)6-13(20)16(14)24-9-11-4-2-3-5-12(11)19/h2-8H,9H2,1H3,(H,21,22,25). The first kappa shape index (κ1) is 19.0. The van der Waals surface area contributed by atoms with Gasteiger partial charge in [-0.15, -0.1) is 0 Å². The van der Waals surface area contributed by atoms with Crippen LogP contribution in [0.2, 0.25) is 10.0 Å². The molecule has 0 radical (unpaired) electrons. The van der Waals surface area contributed by atoms with E-state index >= 15 is 0 Å². The Morgan fingerprint density at radius 1 is 1.23 bits per heavy atom. The van der Waals surface area contributed by atoms with E-state index < -0.39 is 0 Å². The summed E-state index contributed by atoms with van der Waals surface area (Å²) in [6, 6.07) is 10.9. The quantitative estimate of drug-likeness (QED) is 0.535. The summed E-state index contributed by atoms with van der Waals surface area (Å²) in [6.45, 7) is 0.253. The Bertz CT molecular complexity index is 915. The van der Waals surface area contributed by atoms with Gasteiger partial charge in [-0.2, -0.15) is 0 Å². The average molecular weight is 426 g/mol. The molecule has 26 heavy (non-hydrogen) atoms. The Morgan fingerprint density at radius 3 is 2.65 bits per heavy atom. The van der Waals surface area contributed by atoms with Gasteiger partial charge in [-0.3, -0.25) is 4.79 Å². The van der Waals surface area contributed by atoms with Crippen LogP contribution >= 0.6 is 47.2 Å². The molecule has 0 saturated carbocycles. The highest BCUT2D eigenvalue weighted by Crippen LogP contribution is 2.38. The van der Waals surface area contributed by atoms with Crippen molar-refractivity contribution in [2.45, 2.75) is 6.61 Å². The van der Waals surface area contributed by atoms with Crippen molar-refractivity contribution in [3.8, 4) is 11.5 Å². The molecular formula is C18H13Cl2NO3S2. The van der Waals surface area contributed by atoms with E-state index in [4.69, 9.17) is 44.9 Å². The number of methoxy groups -OCH3 is 1. The average Bonchev–Trinajstić information content (AvgIpc) is 2.92. The van der Waals surface area contributed by atoms with Crippen LogP contribution in [-0.2, 0) is 11.4 Å². The van der Waals surface area contributed by atoms with Crippen molar-refractivity contribution in [1.82, 2.24) is 5.32 Å². The first-order valence-corrected chi connectivity index (χ1v) is 9.44. The molecule has 1 fully saturated rings. The minimum Gasteiger partial charge on any atom is -0.493 e. The van der Waals surface area contributed by atoms with Gasteiger partial charge >= 0.3 is 0 Å². The molecule has 1 aliphatic heterocycles. The molecule has 1 N–H and O–H groups in total. The highest BCUT2D eigenvalue weighted by Gasteiger charge is 2.22. The van der Waals surface area contributed by atoms with Crippen molar-refractivity contribution in [3.63, 3.8) is 0 Å². The van der Waals surface area contributed by atoms with E-state index in [1.54, 1.807) is 24.3 Å². The fourth-order valence-corrected chi connectivity index (χ4v) is 3.81. The van der Waals surface area contributed by atoms with Crippen molar-refractivity contribution < 1.29 is 14.3 Å². The summed E-state index contributed by atoms with van der Waals surface area (Å²) in [4.78, 5) is 12.3. The van der Waals surface area contributed by atoms with Gasteiger partial charge in [-0.05, 0) is 29.8 Å². The highest BCUT2D eigenvalue weighted by molar-refractivity contribution is 8.26. The summed E-state index contributed by atoms with van der Waals surface area (Å²) in [5.41, 5.74) is 1.55. The van der Waals surface area contributed by atoms with Crippen LogP contribution in [0.3, 0.4) is 0 Å². The molecular weight excluding hydrogens is 413 g/mol. The number of hydrogen-bond donors (Lipinski definition) is 1. The van der Waals surface area contributed by atoms with Crippen molar-refractivity contribution in [2.24, 2.45) is 0 Å². The molecule has 1 amide bonds. The van der Waals surface area contributed by atoms with E-state index in [1.165, 1.54) is 18.9 Å². The van der Waals surface area contributed by atoms with Crippen LogP contribution in [0.4, 0.5) is 0 Å². The van der Waals surface area contributed by atoms with Crippen LogP contribution < -0.4 is 14.8 Å². The molecule has 3 rings (SSSR count). The Hall–Kier alpha value is -1.73. The molecule has 1 aliphatic rings. The Labute approximate surface area is 170 Å². The lowest BCUT2D eigenvalue weighted by molar-refractivity contribution is -0.115. The Morgan fingerprint density at radius 2 is 2.00 bits per heavy atom. The molecule has 1 saturated heterocycles. The fraction of sp³-hybridized carbons (Fsp3) is 0.111. The predicted molar refractivity (Wildman–Crippen MR) is 110 cm³/mol. The van der Waals surface area contributed by atoms with Crippen molar-refractivity contribution in [2.75, 3.05) is 7.11 Å². The summed E-state index contributed by atoms with van der Waals surface area (Å²) in [7, 11) is 1.52. The summed E-state index contributed by atoms with van der Waals surface area (Å²) in [5.74, 6) is 0.645. The van der Waals surface area contributed by atoms with E-state index in [0.717, 1.165) is 5.56 Å². The maximum absolute atomic E-state index is 11.8. The molecule has 0 bridgehead atoms. The van der Waals surface area contributed by atoms with Gasteiger partial charge in [-0.25, -0.2) is 0 Å². The van der Waals surface area contributed by atoms with E-state index in [1.807, 2.05) is 18.2 Å². The highest BCUT2D eigenvalue weighted by atomic mass is 35.5. The molecule has 8 heteroatoms. The third kappa shape index (κ3) is 4.32. The Balaban J connectivity index is 1.86. The molecule has 0 atom stereocenters. The molecule has 0 unspecified atom stereocenters. The lowest BCUT2D eigenvalue weighted by Crippen LogP contribution is -2.17. The predicted octanol–water partition coefficient (Wildman–Crippen LogP) is 5.07. The maximum atomic E-state index is 11.8. The molecule has 0 aromatic heterocycles. The lowest BCUT2D eigenvalue weighted by atomic mass is 10.1. The summed E-state index contributed by atoms with van der Waals surface area (Å²) >= 11 is 18.7. The number of ether oxygens (including phenoxy) is 2. The number of nitrogens with one attached hydrogen (secondary N) is 1. The zero-order chi connectivity index (χ0) is 18.7. The normalized spacial score (nSPS) is 15.3. The number of carbonyl (C=O) groups excluding carboxylic acids is 1. The second-order valence-corrected chi connectivity index (χ2v) is 7.80. The summed E-state index contributed by atoms with van der Waals surface area (Å²) in [6.07, 6.45) is 1.70. The fourth-order valence-electron chi connectivity index (χ4n) is 2.30. The lowest BCUT2D eigenvalue weighted by Gasteiger charge is -2.14. The third-order valence-electron chi connectivity index (χ3n) is 3.52. The molecule has 4 nitrogen and oxygen atoms in total. The number of benzene rings is 2. The molecule has 0 spiro atoms. The molecule has 2 aromatic carbocycles. The van der Waals surface area contributed by atoms with Crippen LogP contribution in [0.25, 0.3) is 6.08 Å². The van der Waals surface area contributed by atoms with Crippen molar-refractivity contribution in [1.29, 1.82) is 0 Å². The monoisotopic (exact) mass is 425 g/mol. The molecule has 0 aliphatic carbocycles. The molecule has 1 heterocycles. The minimum atomic E-state index is -0.228. The van der Waals surface area contributed by atoms with Gasteiger partial charge in [-0.1, -0.05) is 65.4 Å². The smallest absolute Gasteiger partial charge is 0.263 e. The minimum absolute atomic E-state index is 0.228. The largest absolute Gasteiger partial charge is 0.493 e. The van der Waals surface area contributed by atoms with Gasteiger partial charge in [0.2, 0.25) is 0 Å². The third-order valence-corrected chi connectivity index (χ3v) is 5.33. The first-order chi connectivity index (χ1) is 12.5. The SMILES string of the molecule is COc1cc(C=C2SC(=S)NC2=O)cc(Cl)c1OCc1ccccc1Cl. The van der Waals surface area contributed by atoms with E-state index in [2.05, 4.69) is 5.32 Å². The van der Waals surface area contributed by atoms with Gasteiger partial charge in [0.1, 0.15) is 10.9 Å². The first-order valence-electron chi connectivity index (χ1n) is 7.46. The van der Waals surface area contributed by atoms with E-state index in [-0.39, 0.29) is 12.5 Å². The van der Waals surface area contributed by atoms with Gasteiger partial charge in [0.15, 0.2) is 11.5 Å². The Kier molecular flexibility index (Phi) is 6.09. The van der Waals surface area contributed by atoms with Crippen LogP contribution in [0.15, 0.2) is 41.3 Å². The number of thiocarbonyl (C=S) groups is 1. The number of carbonyl (C=O) groups is 1. The zero-order valence-electron chi connectivity index (χ0n) is 13.5. The number of rotatable bonds is 5. The van der Waals surface area contributed by atoms with Gasteiger partial charge < -0.3 is 14.8 Å². The van der Waals surface area contributed by atoms with Gasteiger partial charge in [0.25, 0.3) is 5.91 Å². The maximum Gasteiger partial charge on any atom is 0.263 e. The molecule has 134 valence electrons. The van der Waals surface area contributed by atoms with Crippen molar-refractivity contribution >= 4 is 63.5 Å². The number of amides is 1. The van der Waals surface area contributed by atoms with Crippen LogP contribution in [0, 0.1) is 0 Å². The van der Waals surface area contributed by atoms with Crippen LogP contribution in [0.1, 0.15) is 11.1 Å². The molecule has 2 aromatic rings. The number of thioether (sulfide) groups is 1. The summed E-state index contributed by atoms with van der Waals surface area (Å²) in [5, 5.41) is 3.56. The van der Waals surface area contributed by atoms with Crippen molar-refractivity contribution in [3.05, 3.63) is 62.5 Å². The van der Waals surface area contributed by atoms with E-state index in [0.29, 0.717) is 36.3 Å². The van der Waals surface area contributed by atoms with E-state index in [9.17, 15) is 4.79 Å². The second-order valence-electron chi connectivity index (χ2n) is 5.27. The number of hydrogen-bond acceptors (Lipinski definition) is 5. The topological polar surface area (TPSA) is 47.6 Å².